The summed E-state index contributed by atoms with van der Waals surface area (Å²) in [5.74, 6) is -0.116. The Bertz CT molecular complexity index is 1040. The number of para-hydroxylation sites is 1. The number of carbonyl (C=O) groups is 2. The summed E-state index contributed by atoms with van der Waals surface area (Å²) in [7, 11) is 0. The van der Waals surface area contributed by atoms with Crippen LogP contribution >= 0.6 is 23.2 Å². The Kier molecular flexibility index (Phi) is 6.75. The van der Waals surface area contributed by atoms with E-state index in [0.717, 1.165) is 5.56 Å². The molecule has 0 bridgehead atoms. The van der Waals surface area contributed by atoms with E-state index in [0.29, 0.717) is 32.7 Å². The molecule has 0 atom stereocenters. The number of hydrogen-bond acceptors (Lipinski definition) is 3. The van der Waals surface area contributed by atoms with Crippen molar-refractivity contribution in [3.63, 3.8) is 0 Å². The highest BCUT2D eigenvalue weighted by molar-refractivity contribution is 6.33. The van der Waals surface area contributed by atoms with Gasteiger partial charge in [-0.1, -0.05) is 35.3 Å². The lowest BCUT2D eigenvalue weighted by Gasteiger charge is -2.10. The molecule has 7 heteroatoms. The number of halogens is 2. The van der Waals surface area contributed by atoms with Crippen molar-refractivity contribution >= 4 is 46.4 Å². The van der Waals surface area contributed by atoms with E-state index in [1.807, 2.05) is 6.92 Å². The van der Waals surface area contributed by atoms with Gasteiger partial charge in [0.2, 0.25) is 0 Å². The van der Waals surface area contributed by atoms with Gasteiger partial charge in [-0.15, -0.1) is 0 Å². The summed E-state index contributed by atoms with van der Waals surface area (Å²) >= 11 is 11.9. The number of hydrogen-bond donors (Lipinski definition) is 2. The summed E-state index contributed by atoms with van der Waals surface area (Å²) in [6.45, 7) is 1.69. The second-order valence-corrected chi connectivity index (χ2v) is 7.10. The molecule has 5 nitrogen and oxygen atoms in total. The predicted octanol–water partition coefficient (Wildman–Crippen LogP) is 5.57. The van der Waals surface area contributed by atoms with Gasteiger partial charge in [0, 0.05) is 16.3 Å². The van der Waals surface area contributed by atoms with Gasteiger partial charge in [-0.25, -0.2) is 0 Å². The van der Waals surface area contributed by atoms with Crippen LogP contribution in [0.1, 0.15) is 15.9 Å². The van der Waals surface area contributed by atoms with Gasteiger partial charge >= 0.3 is 0 Å². The molecule has 2 N–H and O–H groups in total. The normalized spacial score (nSPS) is 10.3. The lowest BCUT2D eigenvalue weighted by molar-refractivity contribution is -0.118. The molecule has 0 saturated carbocycles. The van der Waals surface area contributed by atoms with Gasteiger partial charge in [-0.3, -0.25) is 9.59 Å². The van der Waals surface area contributed by atoms with Crippen molar-refractivity contribution in [1.29, 1.82) is 0 Å². The average Bonchev–Trinajstić information content (AvgIpc) is 2.70. The van der Waals surface area contributed by atoms with Gasteiger partial charge in [0.25, 0.3) is 11.8 Å². The minimum absolute atomic E-state index is 0.180. The quantitative estimate of drug-likeness (QED) is 0.538. The van der Waals surface area contributed by atoms with E-state index in [9.17, 15) is 9.59 Å². The number of benzene rings is 3. The Labute approximate surface area is 178 Å². The summed E-state index contributed by atoms with van der Waals surface area (Å²) < 4.78 is 5.46. The smallest absolute Gasteiger partial charge is 0.262 e. The highest BCUT2D eigenvalue weighted by Gasteiger charge is 2.10. The number of nitrogens with one attached hydrogen (secondary N) is 2. The number of rotatable bonds is 6. The first-order valence-electron chi connectivity index (χ1n) is 8.77. The molecule has 0 aliphatic carbocycles. The number of aryl methyl sites for hydroxylation is 1. The van der Waals surface area contributed by atoms with E-state index in [1.54, 1.807) is 66.7 Å². The van der Waals surface area contributed by atoms with E-state index in [-0.39, 0.29) is 18.4 Å². The zero-order chi connectivity index (χ0) is 20.8. The van der Waals surface area contributed by atoms with Crippen LogP contribution in [0.3, 0.4) is 0 Å². The van der Waals surface area contributed by atoms with Crippen molar-refractivity contribution in [2.75, 3.05) is 17.2 Å². The molecule has 0 fully saturated rings. The van der Waals surface area contributed by atoms with Gasteiger partial charge < -0.3 is 15.4 Å². The first-order valence-corrected chi connectivity index (χ1v) is 9.53. The van der Waals surface area contributed by atoms with Crippen LogP contribution in [0.15, 0.2) is 66.7 Å². The Balaban J connectivity index is 1.55. The third kappa shape index (κ3) is 5.73. The summed E-state index contributed by atoms with van der Waals surface area (Å²) in [6, 6.07) is 18.7. The summed E-state index contributed by atoms with van der Waals surface area (Å²) in [4.78, 5) is 24.4. The maximum atomic E-state index is 12.4. The van der Waals surface area contributed by atoms with Crippen LogP contribution in [0.2, 0.25) is 10.0 Å². The second-order valence-electron chi connectivity index (χ2n) is 6.25. The molecule has 0 aliphatic heterocycles. The molecule has 3 aromatic carbocycles. The van der Waals surface area contributed by atoms with Crippen molar-refractivity contribution in [3.8, 4) is 5.75 Å². The molecule has 148 valence electrons. The predicted molar refractivity (Wildman–Crippen MR) is 116 cm³/mol. The Morgan fingerprint density at radius 2 is 1.62 bits per heavy atom. The van der Waals surface area contributed by atoms with Crippen LogP contribution in [0, 0.1) is 6.92 Å². The van der Waals surface area contributed by atoms with Crippen molar-refractivity contribution in [1.82, 2.24) is 0 Å². The van der Waals surface area contributed by atoms with Gasteiger partial charge in [0.1, 0.15) is 5.75 Å². The minimum Gasteiger partial charge on any atom is -0.484 e. The standard InChI is InChI=1S/C22H18Cl2N2O3/c1-14-12-16(23)8-11-19(14)26-22(28)15-6-9-17(10-7-15)29-13-21(27)25-20-5-3-2-4-18(20)24/h2-12H,13H2,1H3,(H,25,27)(H,26,28). The van der Waals surface area contributed by atoms with E-state index >= 15 is 0 Å². The Morgan fingerprint density at radius 1 is 0.897 bits per heavy atom. The van der Waals surface area contributed by atoms with Gasteiger partial charge in [-0.2, -0.15) is 0 Å². The van der Waals surface area contributed by atoms with E-state index in [2.05, 4.69) is 10.6 Å². The molecular formula is C22H18Cl2N2O3. The number of anilines is 2. The molecule has 0 radical (unpaired) electrons. The maximum absolute atomic E-state index is 12.4. The van der Waals surface area contributed by atoms with Crippen molar-refractivity contribution < 1.29 is 14.3 Å². The molecule has 0 unspecified atom stereocenters. The van der Waals surface area contributed by atoms with Crippen LogP contribution in [0.25, 0.3) is 0 Å². The molecule has 29 heavy (non-hydrogen) atoms. The van der Waals surface area contributed by atoms with Crippen molar-refractivity contribution in [3.05, 3.63) is 87.9 Å². The van der Waals surface area contributed by atoms with E-state index < -0.39 is 0 Å². The molecule has 0 spiro atoms. The number of carbonyl (C=O) groups excluding carboxylic acids is 2. The zero-order valence-electron chi connectivity index (χ0n) is 15.5. The fourth-order valence-electron chi connectivity index (χ4n) is 2.56. The average molecular weight is 429 g/mol. The van der Waals surface area contributed by atoms with Crippen LogP contribution < -0.4 is 15.4 Å². The fraction of sp³-hybridized carbons (Fsp3) is 0.0909. The molecular weight excluding hydrogens is 411 g/mol. The largest absolute Gasteiger partial charge is 0.484 e. The monoisotopic (exact) mass is 428 g/mol. The molecule has 2 amide bonds. The van der Waals surface area contributed by atoms with Crippen LogP contribution in [0.5, 0.6) is 5.75 Å². The third-order valence-corrected chi connectivity index (χ3v) is 4.64. The van der Waals surface area contributed by atoms with Gasteiger partial charge in [-0.05, 0) is 67.1 Å². The molecule has 3 aromatic rings. The minimum atomic E-state index is -0.335. The lowest BCUT2D eigenvalue weighted by Crippen LogP contribution is -2.20. The number of amides is 2. The van der Waals surface area contributed by atoms with Crippen LogP contribution in [-0.2, 0) is 4.79 Å². The highest BCUT2D eigenvalue weighted by Crippen LogP contribution is 2.22. The van der Waals surface area contributed by atoms with Crippen molar-refractivity contribution in [2.45, 2.75) is 6.92 Å². The fourth-order valence-corrected chi connectivity index (χ4v) is 2.97. The molecule has 0 saturated heterocycles. The zero-order valence-corrected chi connectivity index (χ0v) is 17.1. The summed E-state index contributed by atoms with van der Waals surface area (Å²) in [5, 5.41) is 6.58. The Morgan fingerprint density at radius 3 is 2.31 bits per heavy atom. The highest BCUT2D eigenvalue weighted by atomic mass is 35.5. The van der Waals surface area contributed by atoms with Crippen molar-refractivity contribution in [2.24, 2.45) is 0 Å². The first-order chi connectivity index (χ1) is 13.9. The first kappa shape index (κ1) is 20.7. The molecule has 3 rings (SSSR count). The molecule has 0 heterocycles. The van der Waals surface area contributed by atoms with Crippen LogP contribution in [0.4, 0.5) is 11.4 Å². The van der Waals surface area contributed by atoms with E-state index in [4.69, 9.17) is 27.9 Å². The Hall–Kier alpha value is -3.02. The topological polar surface area (TPSA) is 67.4 Å². The summed E-state index contributed by atoms with van der Waals surface area (Å²) in [6.07, 6.45) is 0. The second kappa shape index (κ2) is 9.45. The maximum Gasteiger partial charge on any atom is 0.262 e. The van der Waals surface area contributed by atoms with E-state index in [1.165, 1.54) is 0 Å². The lowest BCUT2D eigenvalue weighted by atomic mass is 10.1. The van der Waals surface area contributed by atoms with Crippen LogP contribution in [-0.4, -0.2) is 18.4 Å². The molecule has 0 aromatic heterocycles. The SMILES string of the molecule is Cc1cc(Cl)ccc1NC(=O)c1ccc(OCC(=O)Nc2ccccc2Cl)cc1. The van der Waals surface area contributed by atoms with Gasteiger partial charge in [0.15, 0.2) is 6.61 Å². The molecule has 0 aliphatic rings. The van der Waals surface area contributed by atoms with Gasteiger partial charge in [0.05, 0.1) is 10.7 Å². The third-order valence-electron chi connectivity index (χ3n) is 4.07. The summed E-state index contributed by atoms with van der Waals surface area (Å²) in [5.41, 5.74) is 2.55. The number of ether oxygens (including phenoxy) is 1.